The van der Waals surface area contributed by atoms with E-state index in [1.807, 2.05) is 23.6 Å². The van der Waals surface area contributed by atoms with Crippen LogP contribution in [-0.2, 0) is 11.3 Å². The van der Waals surface area contributed by atoms with Gasteiger partial charge in [-0.25, -0.2) is 9.97 Å². The molecule has 0 saturated carbocycles. The summed E-state index contributed by atoms with van der Waals surface area (Å²) in [7, 11) is 0. The topological polar surface area (TPSA) is 66.0 Å². The molecule has 1 aliphatic rings. The molecule has 0 spiro atoms. The number of anilines is 1. The van der Waals surface area contributed by atoms with E-state index in [0.29, 0.717) is 12.5 Å². The zero-order chi connectivity index (χ0) is 12.8. The van der Waals surface area contributed by atoms with Gasteiger partial charge in [0.05, 0.1) is 12.1 Å². The molecule has 1 fully saturated rings. The van der Waals surface area contributed by atoms with Gasteiger partial charge < -0.3 is 10.5 Å². The summed E-state index contributed by atoms with van der Waals surface area (Å²) in [5.74, 6) is 0.514. The summed E-state index contributed by atoms with van der Waals surface area (Å²) < 4.78 is 7.78. The van der Waals surface area contributed by atoms with Gasteiger partial charge in [0.2, 0.25) is 5.95 Å². The van der Waals surface area contributed by atoms with Crippen molar-refractivity contribution in [2.75, 3.05) is 12.3 Å². The molecule has 2 N–H and O–H groups in total. The lowest BCUT2D eigenvalue weighted by Gasteiger charge is -2.24. The zero-order valence-electron chi connectivity index (χ0n) is 10.8. The van der Waals surface area contributed by atoms with Crippen LogP contribution in [0.15, 0.2) is 12.1 Å². The number of pyridine rings is 1. The summed E-state index contributed by atoms with van der Waals surface area (Å²) in [5.41, 5.74) is 8.52. The predicted molar refractivity (Wildman–Crippen MR) is 70.3 cm³/mol. The Labute approximate surface area is 106 Å². The van der Waals surface area contributed by atoms with E-state index in [-0.39, 0.29) is 5.60 Å². The van der Waals surface area contributed by atoms with Gasteiger partial charge >= 0.3 is 0 Å². The molecule has 0 amide bonds. The highest BCUT2D eigenvalue weighted by Gasteiger charge is 2.31. The van der Waals surface area contributed by atoms with E-state index < -0.39 is 0 Å². The van der Waals surface area contributed by atoms with Crippen molar-refractivity contribution in [3.63, 3.8) is 0 Å². The zero-order valence-corrected chi connectivity index (χ0v) is 10.8. The Hall–Kier alpha value is -1.62. The lowest BCUT2D eigenvalue weighted by atomic mass is 10.0. The molecule has 0 bridgehead atoms. The van der Waals surface area contributed by atoms with Crippen LogP contribution in [0.5, 0.6) is 0 Å². The number of fused-ring (bicyclic) bond motifs is 1. The number of imidazole rings is 1. The Morgan fingerprint density at radius 2 is 2.28 bits per heavy atom. The molecule has 96 valence electrons. The largest absolute Gasteiger partial charge is 0.373 e. The molecule has 2 aromatic heterocycles. The molecule has 0 radical (unpaired) electrons. The number of hydrogen-bond acceptors (Lipinski definition) is 4. The molecular weight excluding hydrogens is 228 g/mol. The fourth-order valence-electron chi connectivity index (χ4n) is 2.57. The second-order valence-electron chi connectivity index (χ2n) is 5.25. The first-order chi connectivity index (χ1) is 8.57. The van der Waals surface area contributed by atoms with E-state index in [0.717, 1.165) is 36.3 Å². The Balaban J connectivity index is 2.05. The van der Waals surface area contributed by atoms with Crippen LogP contribution < -0.4 is 5.73 Å². The van der Waals surface area contributed by atoms with Crippen LogP contribution >= 0.6 is 0 Å². The van der Waals surface area contributed by atoms with Crippen LogP contribution in [0.3, 0.4) is 0 Å². The minimum Gasteiger partial charge on any atom is -0.373 e. The van der Waals surface area contributed by atoms with Crippen molar-refractivity contribution in [1.29, 1.82) is 0 Å². The fraction of sp³-hybridized carbons (Fsp3) is 0.538. The molecule has 1 atom stereocenters. The summed E-state index contributed by atoms with van der Waals surface area (Å²) in [5, 5.41) is 0. The van der Waals surface area contributed by atoms with E-state index in [9.17, 15) is 0 Å². The highest BCUT2D eigenvalue weighted by molar-refractivity contribution is 5.74. The van der Waals surface area contributed by atoms with Crippen molar-refractivity contribution >= 4 is 17.1 Å². The van der Waals surface area contributed by atoms with Gasteiger partial charge in [-0.3, -0.25) is 4.57 Å². The van der Waals surface area contributed by atoms with Crippen LogP contribution in [0.4, 0.5) is 5.95 Å². The molecular formula is C13H18N4O. The molecule has 5 nitrogen and oxygen atoms in total. The van der Waals surface area contributed by atoms with Crippen molar-refractivity contribution in [1.82, 2.24) is 14.5 Å². The Bertz CT molecular complexity index is 584. The first-order valence-electron chi connectivity index (χ1n) is 6.31. The Morgan fingerprint density at radius 1 is 1.44 bits per heavy atom. The number of nitrogen functional groups attached to an aromatic ring is 1. The number of hydrogen-bond donors (Lipinski definition) is 1. The SMILES string of the molecule is Cc1ccc2nc(N)n(CC3(C)CCCO3)c2n1. The average Bonchev–Trinajstić information content (AvgIpc) is 2.86. The van der Waals surface area contributed by atoms with Crippen LogP contribution in [0, 0.1) is 6.92 Å². The smallest absolute Gasteiger partial charge is 0.202 e. The minimum absolute atomic E-state index is 0.146. The highest BCUT2D eigenvalue weighted by atomic mass is 16.5. The van der Waals surface area contributed by atoms with Gasteiger partial charge in [0.15, 0.2) is 5.65 Å². The van der Waals surface area contributed by atoms with E-state index >= 15 is 0 Å². The first-order valence-corrected chi connectivity index (χ1v) is 6.31. The van der Waals surface area contributed by atoms with Crippen LogP contribution in [0.1, 0.15) is 25.5 Å². The highest BCUT2D eigenvalue weighted by Crippen LogP contribution is 2.29. The number of aryl methyl sites for hydroxylation is 1. The normalized spacial score (nSPS) is 23.9. The van der Waals surface area contributed by atoms with Gasteiger partial charge in [0.25, 0.3) is 0 Å². The van der Waals surface area contributed by atoms with Gasteiger partial charge in [-0.15, -0.1) is 0 Å². The Kier molecular flexibility index (Phi) is 2.52. The number of nitrogens with two attached hydrogens (primary N) is 1. The summed E-state index contributed by atoms with van der Waals surface area (Å²) in [6, 6.07) is 3.91. The molecule has 3 heterocycles. The van der Waals surface area contributed by atoms with Crippen LogP contribution in [-0.4, -0.2) is 26.7 Å². The number of ether oxygens (including phenoxy) is 1. The van der Waals surface area contributed by atoms with E-state index in [2.05, 4.69) is 16.9 Å². The quantitative estimate of drug-likeness (QED) is 0.878. The maximum atomic E-state index is 6.00. The molecule has 1 aliphatic heterocycles. The van der Waals surface area contributed by atoms with E-state index in [4.69, 9.17) is 10.5 Å². The third kappa shape index (κ3) is 1.84. The maximum Gasteiger partial charge on any atom is 0.202 e. The van der Waals surface area contributed by atoms with Crippen LogP contribution in [0.2, 0.25) is 0 Å². The molecule has 3 rings (SSSR count). The predicted octanol–water partition coefficient (Wildman–Crippen LogP) is 1.89. The molecule has 1 unspecified atom stereocenters. The van der Waals surface area contributed by atoms with Crippen molar-refractivity contribution in [3.8, 4) is 0 Å². The number of nitrogens with zero attached hydrogens (tertiary/aromatic N) is 3. The first kappa shape index (κ1) is 11.5. The van der Waals surface area contributed by atoms with Gasteiger partial charge in [-0.1, -0.05) is 0 Å². The lowest BCUT2D eigenvalue weighted by molar-refractivity contribution is 0.00739. The molecule has 1 saturated heterocycles. The fourth-order valence-corrected chi connectivity index (χ4v) is 2.57. The summed E-state index contributed by atoms with van der Waals surface area (Å²) >= 11 is 0. The van der Waals surface area contributed by atoms with Gasteiger partial charge in [0.1, 0.15) is 5.52 Å². The number of aromatic nitrogens is 3. The van der Waals surface area contributed by atoms with E-state index in [1.165, 1.54) is 0 Å². The van der Waals surface area contributed by atoms with Gasteiger partial charge in [-0.05, 0) is 38.8 Å². The summed E-state index contributed by atoms with van der Waals surface area (Å²) in [4.78, 5) is 8.88. The second kappa shape index (κ2) is 3.95. The number of rotatable bonds is 2. The van der Waals surface area contributed by atoms with Crippen molar-refractivity contribution in [2.24, 2.45) is 0 Å². The summed E-state index contributed by atoms with van der Waals surface area (Å²) in [6.07, 6.45) is 2.16. The molecule has 0 aromatic carbocycles. The van der Waals surface area contributed by atoms with Gasteiger partial charge in [-0.2, -0.15) is 0 Å². The summed E-state index contributed by atoms with van der Waals surface area (Å²) in [6.45, 7) is 5.64. The standard InChI is InChI=1S/C13H18N4O/c1-9-4-5-10-11(15-9)17(12(14)16-10)8-13(2)6-3-7-18-13/h4-5H,3,6-8H2,1-2H3,(H2,14,16). The van der Waals surface area contributed by atoms with Crippen molar-refractivity contribution in [2.45, 2.75) is 38.8 Å². The third-order valence-corrected chi connectivity index (χ3v) is 3.55. The van der Waals surface area contributed by atoms with Crippen LogP contribution in [0.25, 0.3) is 11.2 Å². The average molecular weight is 246 g/mol. The third-order valence-electron chi connectivity index (χ3n) is 3.55. The molecule has 0 aliphatic carbocycles. The minimum atomic E-state index is -0.146. The van der Waals surface area contributed by atoms with Crippen molar-refractivity contribution in [3.05, 3.63) is 17.8 Å². The molecule has 5 heteroatoms. The molecule has 18 heavy (non-hydrogen) atoms. The lowest BCUT2D eigenvalue weighted by Crippen LogP contribution is -2.30. The monoisotopic (exact) mass is 246 g/mol. The van der Waals surface area contributed by atoms with Crippen molar-refractivity contribution < 1.29 is 4.74 Å². The maximum absolute atomic E-state index is 6.00. The molecule has 2 aromatic rings. The van der Waals surface area contributed by atoms with E-state index in [1.54, 1.807) is 0 Å². The van der Waals surface area contributed by atoms with Gasteiger partial charge in [0, 0.05) is 12.3 Å². The Morgan fingerprint density at radius 3 is 3.00 bits per heavy atom. The second-order valence-corrected chi connectivity index (χ2v) is 5.25.